The number of carboxylic acids is 1. The van der Waals surface area contributed by atoms with E-state index in [0.717, 1.165) is 0 Å². The van der Waals surface area contributed by atoms with Crippen molar-refractivity contribution in [3.63, 3.8) is 0 Å². The maximum absolute atomic E-state index is 10.8. The van der Waals surface area contributed by atoms with Crippen molar-refractivity contribution in [3.05, 3.63) is 0 Å². The van der Waals surface area contributed by atoms with Crippen molar-refractivity contribution < 1.29 is 19.4 Å². The molecule has 0 saturated carbocycles. The van der Waals surface area contributed by atoms with E-state index in [-0.39, 0.29) is 0 Å². The smallest absolute Gasteiger partial charge is 0.309 e. The number of rotatable bonds is 3. The number of carbonyl (C=O) groups excluding carboxylic acids is 1. The Hall–Kier alpha value is -1.06. The molecular weight excluding hydrogens is 148 g/mol. The van der Waals surface area contributed by atoms with Gasteiger partial charge >= 0.3 is 11.9 Å². The summed E-state index contributed by atoms with van der Waals surface area (Å²) in [6.45, 7) is 3.01. The molecule has 0 aromatic rings. The fourth-order valence-corrected chi connectivity index (χ4v) is 0.604. The van der Waals surface area contributed by atoms with Crippen LogP contribution in [0, 0.1) is 11.8 Å². The number of hydrogen-bond donors (Lipinski definition) is 1. The highest BCUT2D eigenvalue weighted by molar-refractivity contribution is 5.80. The van der Waals surface area contributed by atoms with Crippen LogP contribution in [0.3, 0.4) is 0 Å². The van der Waals surface area contributed by atoms with Gasteiger partial charge in [-0.3, -0.25) is 9.59 Å². The molecule has 1 N–H and O–H groups in total. The number of ether oxygens (including phenoxy) is 1. The van der Waals surface area contributed by atoms with Crippen molar-refractivity contribution in [1.82, 2.24) is 0 Å². The van der Waals surface area contributed by atoms with Gasteiger partial charge in [0.25, 0.3) is 0 Å². The maximum Gasteiger partial charge on any atom is 0.309 e. The first kappa shape index (κ1) is 9.94. The Morgan fingerprint density at radius 3 is 2.00 bits per heavy atom. The lowest BCUT2D eigenvalue weighted by molar-refractivity contribution is -0.154. The van der Waals surface area contributed by atoms with E-state index in [2.05, 4.69) is 4.74 Å². The molecule has 0 saturated heterocycles. The minimum absolute atomic E-state index is 0.486. The summed E-state index contributed by atoms with van der Waals surface area (Å²) in [7, 11) is 1.24. The van der Waals surface area contributed by atoms with E-state index in [1.807, 2.05) is 0 Å². The second-order valence-corrected chi connectivity index (χ2v) is 2.44. The van der Waals surface area contributed by atoms with Gasteiger partial charge in [0.15, 0.2) is 0 Å². The van der Waals surface area contributed by atoms with Gasteiger partial charge in [-0.05, 0) is 0 Å². The molecule has 2 atom stereocenters. The molecule has 0 amide bonds. The van der Waals surface area contributed by atoms with E-state index in [1.54, 1.807) is 0 Å². The summed E-state index contributed by atoms with van der Waals surface area (Å²) < 4.78 is 4.38. The zero-order valence-corrected chi connectivity index (χ0v) is 6.83. The Morgan fingerprint density at radius 1 is 1.27 bits per heavy atom. The largest absolute Gasteiger partial charge is 0.481 e. The Kier molecular flexibility index (Phi) is 3.57. The Labute approximate surface area is 65.2 Å². The molecule has 2 unspecified atom stereocenters. The molecule has 0 aromatic heterocycles. The molecule has 64 valence electrons. The van der Waals surface area contributed by atoms with Crippen LogP contribution in [0.2, 0.25) is 0 Å². The molecule has 0 aromatic carbocycles. The van der Waals surface area contributed by atoms with Crippen molar-refractivity contribution in [2.24, 2.45) is 11.8 Å². The first-order valence-electron chi connectivity index (χ1n) is 3.31. The van der Waals surface area contributed by atoms with E-state index in [0.29, 0.717) is 0 Å². The van der Waals surface area contributed by atoms with E-state index in [4.69, 9.17) is 5.11 Å². The van der Waals surface area contributed by atoms with Gasteiger partial charge in [0.2, 0.25) is 0 Å². The third-order valence-electron chi connectivity index (χ3n) is 1.71. The second-order valence-electron chi connectivity index (χ2n) is 2.44. The predicted molar refractivity (Wildman–Crippen MR) is 38.0 cm³/mol. The quantitative estimate of drug-likeness (QED) is 0.611. The average molecular weight is 160 g/mol. The zero-order chi connectivity index (χ0) is 9.02. The lowest BCUT2D eigenvalue weighted by Crippen LogP contribution is -2.26. The van der Waals surface area contributed by atoms with Gasteiger partial charge in [0.1, 0.15) is 0 Å². The molecule has 0 heterocycles. The lowest BCUT2D eigenvalue weighted by atomic mass is 9.97. The SMILES string of the molecule is COC(=O)C(C)C(C)C(=O)O. The van der Waals surface area contributed by atoms with Gasteiger partial charge in [-0.1, -0.05) is 13.8 Å². The topological polar surface area (TPSA) is 63.6 Å². The van der Waals surface area contributed by atoms with Crippen LogP contribution >= 0.6 is 0 Å². The van der Waals surface area contributed by atoms with Crippen LogP contribution in [0.25, 0.3) is 0 Å². The number of esters is 1. The van der Waals surface area contributed by atoms with Crippen molar-refractivity contribution in [3.8, 4) is 0 Å². The molecule has 0 aliphatic rings. The number of hydrogen-bond acceptors (Lipinski definition) is 3. The van der Waals surface area contributed by atoms with Crippen molar-refractivity contribution >= 4 is 11.9 Å². The summed E-state index contributed by atoms with van der Waals surface area (Å²) in [5.41, 5.74) is 0. The van der Waals surface area contributed by atoms with Gasteiger partial charge < -0.3 is 9.84 Å². The number of carbonyl (C=O) groups is 2. The first-order valence-corrected chi connectivity index (χ1v) is 3.31. The van der Waals surface area contributed by atoms with Crippen molar-refractivity contribution in [1.29, 1.82) is 0 Å². The third kappa shape index (κ3) is 2.57. The van der Waals surface area contributed by atoms with Crippen LogP contribution < -0.4 is 0 Å². The summed E-state index contributed by atoms with van der Waals surface area (Å²) >= 11 is 0. The minimum Gasteiger partial charge on any atom is -0.481 e. The monoisotopic (exact) mass is 160 g/mol. The molecule has 0 radical (unpaired) electrons. The maximum atomic E-state index is 10.8. The van der Waals surface area contributed by atoms with Crippen LogP contribution in [-0.4, -0.2) is 24.2 Å². The van der Waals surface area contributed by atoms with E-state index in [1.165, 1.54) is 21.0 Å². The molecule has 0 aliphatic heterocycles. The van der Waals surface area contributed by atoms with Crippen LogP contribution in [-0.2, 0) is 14.3 Å². The van der Waals surface area contributed by atoms with Gasteiger partial charge in [-0.2, -0.15) is 0 Å². The molecule has 0 fully saturated rings. The minimum atomic E-state index is -0.983. The number of methoxy groups -OCH3 is 1. The standard InChI is InChI=1S/C7H12O4/c1-4(6(8)9)5(2)7(10)11-3/h4-5H,1-3H3,(H,8,9). The zero-order valence-electron chi connectivity index (χ0n) is 6.83. The molecule has 0 spiro atoms. The van der Waals surface area contributed by atoms with E-state index < -0.39 is 23.8 Å². The fraction of sp³-hybridized carbons (Fsp3) is 0.714. The van der Waals surface area contributed by atoms with E-state index in [9.17, 15) is 9.59 Å². The highest BCUT2D eigenvalue weighted by Crippen LogP contribution is 2.11. The van der Waals surface area contributed by atoms with Crippen LogP contribution in [0.5, 0.6) is 0 Å². The average Bonchev–Trinajstić information content (AvgIpc) is 2.00. The van der Waals surface area contributed by atoms with Gasteiger partial charge in [0, 0.05) is 0 Å². The van der Waals surface area contributed by atoms with Gasteiger partial charge in [-0.15, -0.1) is 0 Å². The fourth-order valence-electron chi connectivity index (χ4n) is 0.604. The normalized spacial score (nSPS) is 15.2. The predicted octanol–water partition coefficient (Wildman–Crippen LogP) is 0.516. The number of aliphatic carboxylic acids is 1. The molecule has 0 bridgehead atoms. The molecule has 0 rings (SSSR count). The molecular formula is C7H12O4. The van der Waals surface area contributed by atoms with Crippen LogP contribution in [0.15, 0.2) is 0 Å². The van der Waals surface area contributed by atoms with E-state index >= 15 is 0 Å². The van der Waals surface area contributed by atoms with Crippen molar-refractivity contribution in [2.45, 2.75) is 13.8 Å². The third-order valence-corrected chi connectivity index (χ3v) is 1.71. The molecule has 11 heavy (non-hydrogen) atoms. The Balaban J connectivity index is 4.12. The molecule has 4 nitrogen and oxygen atoms in total. The summed E-state index contributed by atoms with van der Waals surface area (Å²) in [4.78, 5) is 21.1. The highest BCUT2D eigenvalue weighted by atomic mass is 16.5. The van der Waals surface area contributed by atoms with Crippen LogP contribution in [0.1, 0.15) is 13.8 Å². The van der Waals surface area contributed by atoms with Crippen LogP contribution in [0.4, 0.5) is 0 Å². The highest BCUT2D eigenvalue weighted by Gasteiger charge is 2.25. The summed E-state index contributed by atoms with van der Waals surface area (Å²) in [6.07, 6.45) is 0. The summed E-state index contributed by atoms with van der Waals surface area (Å²) in [5.74, 6) is -2.75. The Morgan fingerprint density at radius 2 is 1.73 bits per heavy atom. The number of carboxylic acid groups (broad SMARTS) is 1. The summed E-state index contributed by atoms with van der Waals surface area (Å²) in [6, 6.07) is 0. The molecule has 4 heteroatoms. The summed E-state index contributed by atoms with van der Waals surface area (Å²) in [5, 5.41) is 8.49. The molecule has 0 aliphatic carbocycles. The lowest BCUT2D eigenvalue weighted by Gasteiger charge is -2.12. The second kappa shape index (κ2) is 3.95. The van der Waals surface area contributed by atoms with Gasteiger partial charge in [0.05, 0.1) is 18.9 Å². The first-order chi connectivity index (χ1) is 5.00. The van der Waals surface area contributed by atoms with Gasteiger partial charge in [-0.25, -0.2) is 0 Å². The van der Waals surface area contributed by atoms with Crippen molar-refractivity contribution in [2.75, 3.05) is 7.11 Å². The Bertz CT molecular complexity index is 164.